The van der Waals surface area contributed by atoms with Crippen LogP contribution in [-0.4, -0.2) is 18.1 Å². The number of hydrogen-bond acceptors (Lipinski definition) is 4. The highest BCUT2D eigenvalue weighted by Gasteiger charge is 2.15. The summed E-state index contributed by atoms with van der Waals surface area (Å²) < 4.78 is 12.9. The summed E-state index contributed by atoms with van der Waals surface area (Å²) in [6.07, 6.45) is 3.97. The molecule has 2 heterocycles. The molecule has 0 spiro atoms. The summed E-state index contributed by atoms with van der Waals surface area (Å²) in [5.74, 6) is -0.0833. The predicted molar refractivity (Wildman–Crippen MR) is 52.5 cm³/mol. The van der Waals surface area contributed by atoms with E-state index in [1.54, 1.807) is 12.3 Å². The van der Waals surface area contributed by atoms with E-state index in [0.29, 0.717) is 11.5 Å². The number of anilines is 2. The van der Waals surface area contributed by atoms with E-state index in [4.69, 9.17) is 5.73 Å². The van der Waals surface area contributed by atoms with E-state index >= 15 is 0 Å². The van der Waals surface area contributed by atoms with E-state index in [9.17, 15) is 4.39 Å². The zero-order valence-electron chi connectivity index (χ0n) is 7.03. The lowest BCUT2D eigenvalue weighted by molar-refractivity contribution is 0.574. The monoisotopic (exact) mass is 199 g/mol. The van der Waals surface area contributed by atoms with Crippen LogP contribution in [0.1, 0.15) is 6.42 Å². The van der Waals surface area contributed by atoms with Crippen molar-refractivity contribution in [1.29, 1.82) is 0 Å². The Balaban J connectivity index is 2.14. The molecule has 0 bridgehead atoms. The predicted octanol–water partition coefficient (Wildman–Crippen LogP) is 1.79. The zero-order chi connectivity index (χ0) is 9.26. The van der Waals surface area contributed by atoms with Crippen molar-refractivity contribution in [2.45, 2.75) is 6.42 Å². The Morgan fingerprint density at radius 2 is 2.46 bits per heavy atom. The first-order valence-corrected chi connectivity index (χ1v) is 4.88. The molecule has 0 fully saturated rings. The van der Waals surface area contributed by atoms with Gasteiger partial charge in [0.15, 0.2) is 5.13 Å². The fourth-order valence-electron chi connectivity index (χ4n) is 1.29. The Morgan fingerprint density at radius 3 is 3.08 bits per heavy atom. The lowest BCUT2D eigenvalue weighted by atomic mass is 10.2. The molecule has 1 aliphatic rings. The Kier molecular flexibility index (Phi) is 2.18. The molecule has 0 radical (unpaired) electrons. The van der Waals surface area contributed by atoms with Gasteiger partial charge in [-0.2, -0.15) is 0 Å². The summed E-state index contributed by atoms with van der Waals surface area (Å²) in [7, 11) is 0. The number of halogens is 1. The summed E-state index contributed by atoms with van der Waals surface area (Å²) in [4.78, 5) is 6.00. The molecule has 5 heteroatoms. The van der Waals surface area contributed by atoms with Gasteiger partial charge in [0.2, 0.25) is 0 Å². The maximum Gasteiger partial charge on any atom is 0.187 e. The average molecular weight is 199 g/mol. The molecule has 0 atom stereocenters. The zero-order valence-corrected chi connectivity index (χ0v) is 7.85. The topological polar surface area (TPSA) is 42.1 Å². The summed E-state index contributed by atoms with van der Waals surface area (Å²) in [5.41, 5.74) is 5.54. The number of rotatable bonds is 1. The third kappa shape index (κ3) is 1.80. The van der Waals surface area contributed by atoms with Crippen LogP contribution in [0.25, 0.3) is 0 Å². The second-order valence-electron chi connectivity index (χ2n) is 2.91. The third-order valence-corrected chi connectivity index (χ3v) is 2.78. The molecule has 2 N–H and O–H groups in total. The van der Waals surface area contributed by atoms with Crippen LogP contribution in [-0.2, 0) is 0 Å². The first kappa shape index (κ1) is 8.50. The van der Waals surface area contributed by atoms with Crippen molar-refractivity contribution >= 4 is 21.5 Å². The average Bonchev–Trinajstić information content (AvgIpc) is 2.52. The van der Waals surface area contributed by atoms with Gasteiger partial charge in [-0.05, 0) is 12.5 Å². The fourth-order valence-corrected chi connectivity index (χ4v) is 2.00. The van der Waals surface area contributed by atoms with Gasteiger partial charge >= 0.3 is 0 Å². The highest BCUT2D eigenvalue weighted by Crippen LogP contribution is 2.26. The third-order valence-electron chi connectivity index (χ3n) is 1.89. The molecule has 1 aromatic rings. The molecule has 1 aliphatic heterocycles. The van der Waals surface area contributed by atoms with Crippen molar-refractivity contribution < 1.29 is 4.39 Å². The van der Waals surface area contributed by atoms with Gasteiger partial charge in [0.25, 0.3) is 0 Å². The summed E-state index contributed by atoms with van der Waals surface area (Å²) in [6, 6.07) is 0. The first-order valence-electron chi connectivity index (χ1n) is 4.06. The van der Waals surface area contributed by atoms with Crippen molar-refractivity contribution in [2.24, 2.45) is 0 Å². The Labute approximate surface area is 79.7 Å². The molecule has 2 rings (SSSR count). The number of aromatic nitrogens is 1. The molecule has 0 unspecified atom stereocenters. The molecular formula is C8H10FN3S. The van der Waals surface area contributed by atoms with Gasteiger partial charge in [0.05, 0.1) is 12.7 Å². The molecule has 1 aromatic heterocycles. The minimum Gasteiger partial charge on any atom is -0.389 e. The van der Waals surface area contributed by atoms with Crippen LogP contribution in [0, 0.1) is 0 Å². The van der Waals surface area contributed by atoms with E-state index in [1.807, 2.05) is 4.90 Å². The number of nitrogens with two attached hydrogens (primary N) is 1. The maximum atomic E-state index is 12.9. The Hall–Kier alpha value is -1.10. The summed E-state index contributed by atoms with van der Waals surface area (Å²) >= 11 is 1.39. The Bertz CT molecular complexity index is 334. The van der Waals surface area contributed by atoms with Gasteiger partial charge in [-0.1, -0.05) is 11.3 Å². The van der Waals surface area contributed by atoms with Crippen molar-refractivity contribution in [2.75, 3.05) is 23.7 Å². The SMILES string of the molecule is Nc1cnc(N2CCC=C(F)C2)s1. The number of thiazole rings is 1. The van der Waals surface area contributed by atoms with Gasteiger partial charge in [0.1, 0.15) is 10.8 Å². The normalized spacial score (nSPS) is 17.3. The number of hydrogen-bond donors (Lipinski definition) is 1. The van der Waals surface area contributed by atoms with E-state index < -0.39 is 0 Å². The minimum atomic E-state index is -0.0833. The molecule has 0 saturated carbocycles. The Morgan fingerprint density at radius 1 is 1.62 bits per heavy atom. The van der Waals surface area contributed by atoms with Gasteiger partial charge in [-0.25, -0.2) is 9.37 Å². The van der Waals surface area contributed by atoms with E-state index in [1.165, 1.54) is 11.3 Å². The minimum absolute atomic E-state index is 0.0833. The van der Waals surface area contributed by atoms with Crippen LogP contribution < -0.4 is 10.6 Å². The molecular weight excluding hydrogens is 189 g/mol. The second kappa shape index (κ2) is 3.33. The summed E-state index contributed by atoms with van der Waals surface area (Å²) in [5, 5.41) is 1.48. The molecule has 3 nitrogen and oxygen atoms in total. The van der Waals surface area contributed by atoms with Crippen LogP contribution in [0.4, 0.5) is 14.5 Å². The van der Waals surface area contributed by atoms with E-state index in [-0.39, 0.29) is 5.83 Å². The summed E-state index contributed by atoms with van der Waals surface area (Å²) in [6.45, 7) is 1.15. The van der Waals surface area contributed by atoms with E-state index in [2.05, 4.69) is 4.98 Å². The molecule has 0 aromatic carbocycles. The van der Waals surface area contributed by atoms with Crippen LogP contribution in [0.3, 0.4) is 0 Å². The first-order chi connectivity index (χ1) is 6.25. The van der Waals surface area contributed by atoms with Gasteiger partial charge < -0.3 is 10.6 Å². The standard InChI is InChI=1S/C8H10FN3S/c9-6-2-1-3-12(5-6)8-11-4-7(10)13-8/h2,4H,1,3,5,10H2. The van der Waals surface area contributed by atoms with Crippen molar-refractivity contribution in [3.05, 3.63) is 18.1 Å². The second-order valence-corrected chi connectivity index (χ2v) is 3.95. The van der Waals surface area contributed by atoms with Gasteiger partial charge in [0, 0.05) is 6.54 Å². The fraction of sp³-hybridized carbons (Fsp3) is 0.375. The largest absolute Gasteiger partial charge is 0.389 e. The lowest BCUT2D eigenvalue weighted by Gasteiger charge is -2.23. The lowest BCUT2D eigenvalue weighted by Crippen LogP contribution is -2.28. The molecule has 0 aliphatic carbocycles. The van der Waals surface area contributed by atoms with Crippen LogP contribution in [0.15, 0.2) is 18.1 Å². The van der Waals surface area contributed by atoms with Gasteiger partial charge in [-0.15, -0.1) is 0 Å². The van der Waals surface area contributed by atoms with Crippen LogP contribution >= 0.6 is 11.3 Å². The van der Waals surface area contributed by atoms with E-state index in [0.717, 1.165) is 18.1 Å². The molecule has 70 valence electrons. The molecule has 0 amide bonds. The number of nitrogen functional groups attached to an aromatic ring is 1. The smallest absolute Gasteiger partial charge is 0.187 e. The molecule has 13 heavy (non-hydrogen) atoms. The van der Waals surface area contributed by atoms with Crippen molar-refractivity contribution in [3.8, 4) is 0 Å². The number of nitrogens with zero attached hydrogens (tertiary/aromatic N) is 2. The van der Waals surface area contributed by atoms with Gasteiger partial charge in [-0.3, -0.25) is 0 Å². The highest BCUT2D eigenvalue weighted by molar-refractivity contribution is 7.19. The maximum absolute atomic E-state index is 12.9. The van der Waals surface area contributed by atoms with Crippen LogP contribution in [0.5, 0.6) is 0 Å². The van der Waals surface area contributed by atoms with Crippen molar-refractivity contribution in [3.63, 3.8) is 0 Å². The van der Waals surface area contributed by atoms with Crippen LogP contribution in [0.2, 0.25) is 0 Å². The highest BCUT2D eigenvalue weighted by atomic mass is 32.1. The quantitative estimate of drug-likeness (QED) is 0.749. The van der Waals surface area contributed by atoms with Crippen molar-refractivity contribution in [1.82, 2.24) is 4.98 Å². The molecule has 0 saturated heterocycles.